The fraction of sp³-hybridized carbons (Fsp3) is 0.588. The smallest absolute Gasteiger partial charge is 0.163 e. The fourth-order valence-electron chi connectivity index (χ4n) is 4.84. The van der Waals surface area contributed by atoms with Gasteiger partial charge in [0.25, 0.3) is 0 Å². The predicted molar refractivity (Wildman–Crippen MR) is 99.3 cm³/mol. The predicted octanol–water partition coefficient (Wildman–Crippen LogP) is 3.36. The van der Waals surface area contributed by atoms with E-state index < -0.39 is 11.2 Å². The molecule has 3 heterocycles. The van der Waals surface area contributed by atoms with Gasteiger partial charge in [-0.15, -0.1) is 0 Å². The lowest BCUT2D eigenvalue weighted by Gasteiger charge is -2.24. The van der Waals surface area contributed by atoms with Crippen LogP contribution in [0.5, 0.6) is 0 Å². The summed E-state index contributed by atoms with van der Waals surface area (Å²) in [6.07, 6.45) is 2.19. The molecule has 0 spiro atoms. The molecule has 2 aromatic heterocycles. The van der Waals surface area contributed by atoms with Gasteiger partial charge >= 0.3 is 0 Å². The molecule has 5 atom stereocenters. The van der Waals surface area contributed by atoms with Crippen LogP contribution >= 0.6 is 34.2 Å². The molecule has 0 amide bonds. The first-order chi connectivity index (χ1) is 11.7. The number of ketones is 1. The van der Waals surface area contributed by atoms with E-state index in [4.69, 9.17) is 21.1 Å². The number of ether oxygens (including phenoxy) is 2. The third-order valence-corrected chi connectivity index (χ3v) is 6.71. The SMILES string of the molecule is CC(=O)[C@]12CC1[C@@H](n1cnc3c(Cl)cc(I)nc31)[C@@H]1OC(C)(C)OC12. The highest BCUT2D eigenvalue weighted by molar-refractivity contribution is 14.1. The molecular formula is C17H17ClIN3O3. The summed E-state index contributed by atoms with van der Waals surface area (Å²) in [6, 6.07) is 1.77. The lowest BCUT2D eigenvalue weighted by Crippen LogP contribution is -2.34. The Kier molecular flexibility index (Phi) is 3.24. The molecule has 2 saturated carbocycles. The fourth-order valence-corrected chi connectivity index (χ4v) is 5.80. The van der Waals surface area contributed by atoms with Crippen LogP contribution in [0, 0.1) is 15.0 Å². The van der Waals surface area contributed by atoms with Gasteiger partial charge in [0.2, 0.25) is 0 Å². The molecule has 2 aromatic rings. The van der Waals surface area contributed by atoms with E-state index in [0.717, 1.165) is 15.8 Å². The van der Waals surface area contributed by atoms with E-state index in [-0.39, 0.29) is 30.0 Å². The Morgan fingerprint density at radius 3 is 2.92 bits per heavy atom. The molecule has 0 bridgehead atoms. The first-order valence-corrected chi connectivity index (χ1v) is 9.75. The summed E-state index contributed by atoms with van der Waals surface area (Å²) in [7, 11) is 0. The Morgan fingerprint density at radius 2 is 2.20 bits per heavy atom. The Hall–Kier alpha value is -0.770. The van der Waals surface area contributed by atoms with Gasteiger partial charge in [-0.1, -0.05) is 11.6 Å². The zero-order valence-electron chi connectivity index (χ0n) is 14.0. The number of hydrogen-bond acceptors (Lipinski definition) is 5. The number of hydrogen-bond donors (Lipinski definition) is 0. The Bertz CT molecular complexity index is 929. The number of fused-ring (bicyclic) bond motifs is 4. The van der Waals surface area contributed by atoms with Crippen molar-refractivity contribution >= 4 is 51.1 Å². The van der Waals surface area contributed by atoms with Crippen LogP contribution < -0.4 is 0 Å². The molecule has 1 aliphatic heterocycles. The number of pyridine rings is 1. The highest BCUT2D eigenvalue weighted by Gasteiger charge is 2.78. The summed E-state index contributed by atoms with van der Waals surface area (Å²) in [5.41, 5.74) is 0.976. The molecule has 8 heteroatoms. The van der Waals surface area contributed by atoms with Gasteiger partial charge in [0, 0.05) is 0 Å². The van der Waals surface area contributed by atoms with Gasteiger partial charge in [-0.3, -0.25) is 4.79 Å². The molecule has 3 aliphatic rings. The molecule has 132 valence electrons. The van der Waals surface area contributed by atoms with E-state index in [9.17, 15) is 4.79 Å². The van der Waals surface area contributed by atoms with Crippen LogP contribution in [-0.2, 0) is 14.3 Å². The van der Waals surface area contributed by atoms with Crippen molar-refractivity contribution in [2.75, 3.05) is 0 Å². The quantitative estimate of drug-likeness (QED) is 0.494. The molecule has 25 heavy (non-hydrogen) atoms. The molecular weight excluding hydrogens is 457 g/mol. The van der Waals surface area contributed by atoms with Crippen molar-refractivity contribution in [1.82, 2.24) is 14.5 Å². The van der Waals surface area contributed by atoms with Crippen molar-refractivity contribution in [3.05, 3.63) is 21.1 Å². The summed E-state index contributed by atoms with van der Waals surface area (Å²) >= 11 is 8.48. The maximum absolute atomic E-state index is 12.5. The number of Topliss-reactive ketones (excluding diaryl/α,β-unsaturated/α-hetero) is 1. The number of carbonyl (C=O) groups excluding carboxylic acids is 1. The number of aromatic nitrogens is 3. The standard InChI is InChI=1S/C17H17ClIN3O3/c1-7(23)17-5-8(17)12(13-14(17)25-16(2,3)24-13)22-6-20-11-9(18)4-10(19)21-15(11)22/h4,6,8,12-14H,5H2,1-3H3/t8?,12-,13+,14?,17-/m1/s1. The van der Waals surface area contributed by atoms with E-state index in [1.54, 1.807) is 19.3 Å². The number of imidazole rings is 1. The minimum atomic E-state index is -0.695. The molecule has 1 saturated heterocycles. The highest BCUT2D eigenvalue weighted by atomic mass is 127. The number of carbonyl (C=O) groups is 1. The van der Waals surface area contributed by atoms with E-state index in [1.165, 1.54) is 0 Å². The maximum Gasteiger partial charge on any atom is 0.163 e. The van der Waals surface area contributed by atoms with Gasteiger partial charge in [0.15, 0.2) is 11.4 Å². The Balaban J connectivity index is 1.67. The van der Waals surface area contributed by atoms with Crippen molar-refractivity contribution in [3.63, 3.8) is 0 Å². The average molecular weight is 474 g/mol. The lowest BCUT2D eigenvalue weighted by atomic mass is 9.95. The van der Waals surface area contributed by atoms with Crippen molar-refractivity contribution in [1.29, 1.82) is 0 Å². The molecule has 2 aliphatic carbocycles. The zero-order valence-corrected chi connectivity index (χ0v) is 16.9. The zero-order chi connectivity index (χ0) is 17.7. The maximum atomic E-state index is 12.5. The molecule has 0 radical (unpaired) electrons. The molecule has 0 aromatic carbocycles. The van der Waals surface area contributed by atoms with E-state index in [1.807, 2.05) is 18.4 Å². The average Bonchev–Trinajstić information content (AvgIpc) is 2.83. The highest BCUT2D eigenvalue weighted by Crippen LogP contribution is 2.71. The number of rotatable bonds is 2. The van der Waals surface area contributed by atoms with Gasteiger partial charge in [0.1, 0.15) is 27.2 Å². The summed E-state index contributed by atoms with van der Waals surface area (Å²) in [5, 5.41) is 0.584. The third kappa shape index (κ3) is 2.06. The third-order valence-electron chi connectivity index (χ3n) is 5.87. The van der Waals surface area contributed by atoms with Crippen LogP contribution in [0.2, 0.25) is 5.02 Å². The second-order valence-electron chi connectivity index (χ2n) is 7.67. The molecule has 0 N–H and O–H groups in total. The summed E-state index contributed by atoms with van der Waals surface area (Å²) < 4.78 is 15.2. The molecule has 2 unspecified atom stereocenters. The normalized spacial score (nSPS) is 38.0. The van der Waals surface area contributed by atoms with Gasteiger partial charge in [-0.2, -0.15) is 0 Å². The van der Waals surface area contributed by atoms with Gasteiger partial charge in [-0.05, 0) is 61.8 Å². The Morgan fingerprint density at radius 1 is 1.44 bits per heavy atom. The van der Waals surface area contributed by atoms with Crippen LogP contribution in [0.15, 0.2) is 12.4 Å². The number of halogens is 2. The minimum Gasteiger partial charge on any atom is -0.343 e. The largest absolute Gasteiger partial charge is 0.343 e. The van der Waals surface area contributed by atoms with Gasteiger partial charge < -0.3 is 14.0 Å². The van der Waals surface area contributed by atoms with Crippen molar-refractivity contribution in [2.45, 2.75) is 51.2 Å². The van der Waals surface area contributed by atoms with Crippen molar-refractivity contribution < 1.29 is 14.3 Å². The van der Waals surface area contributed by atoms with E-state index in [0.29, 0.717) is 10.5 Å². The van der Waals surface area contributed by atoms with Crippen LogP contribution in [0.4, 0.5) is 0 Å². The topological polar surface area (TPSA) is 66.2 Å². The first-order valence-electron chi connectivity index (χ1n) is 8.30. The summed E-state index contributed by atoms with van der Waals surface area (Å²) in [6.45, 7) is 5.47. The molecule has 5 rings (SSSR count). The van der Waals surface area contributed by atoms with Crippen molar-refractivity contribution in [3.8, 4) is 0 Å². The second kappa shape index (κ2) is 4.94. The van der Waals surface area contributed by atoms with Crippen LogP contribution in [-0.4, -0.2) is 38.3 Å². The van der Waals surface area contributed by atoms with E-state index >= 15 is 0 Å². The van der Waals surface area contributed by atoms with E-state index in [2.05, 4.69) is 32.6 Å². The monoisotopic (exact) mass is 473 g/mol. The van der Waals surface area contributed by atoms with Gasteiger partial charge in [-0.25, -0.2) is 9.97 Å². The minimum absolute atomic E-state index is 0.0255. The number of nitrogens with zero attached hydrogens (tertiary/aromatic N) is 3. The summed E-state index contributed by atoms with van der Waals surface area (Å²) in [4.78, 5) is 21.5. The first kappa shape index (κ1) is 16.4. The van der Waals surface area contributed by atoms with Crippen molar-refractivity contribution in [2.24, 2.45) is 11.3 Å². The molecule has 3 fully saturated rings. The van der Waals surface area contributed by atoms with Crippen LogP contribution in [0.3, 0.4) is 0 Å². The molecule has 6 nitrogen and oxygen atoms in total. The Labute approximate surface area is 163 Å². The van der Waals surface area contributed by atoms with Gasteiger partial charge in [0.05, 0.1) is 22.8 Å². The second-order valence-corrected chi connectivity index (χ2v) is 9.18. The summed E-state index contributed by atoms with van der Waals surface area (Å²) in [5.74, 6) is -0.326. The van der Waals surface area contributed by atoms with Crippen LogP contribution in [0.1, 0.15) is 33.2 Å². The van der Waals surface area contributed by atoms with Crippen LogP contribution in [0.25, 0.3) is 11.2 Å². The lowest BCUT2D eigenvalue weighted by molar-refractivity contribution is -0.163.